The van der Waals surface area contributed by atoms with Crippen LogP contribution in [0.1, 0.15) is 36.5 Å². The second kappa shape index (κ2) is 11.2. The van der Waals surface area contributed by atoms with Gasteiger partial charge in [-0.25, -0.2) is 14.4 Å². The number of unbranched alkanes of at least 4 members (excludes halogenated alkanes) is 2. The molecular formula is C18H23F3N8O4. The summed E-state index contributed by atoms with van der Waals surface area (Å²) in [5.41, 5.74) is 13.3. The number of alkyl halides is 3. The van der Waals surface area contributed by atoms with Crippen molar-refractivity contribution in [2.45, 2.75) is 38.9 Å². The van der Waals surface area contributed by atoms with Crippen molar-refractivity contribution < 1.29 is 32.5 Å². The van der Waals surface area contributed by atoms with Gasteiger partial charge >= 0.3 is 12.1 Å². The van der Waals surface area contributed by atoms with Crippen molar-refractivity contribution in [3.05, 3.63) is 18.0 Å². The molecule has 0 saturated carbocycles. The van der Waals surface area contributed by atoms with Gasteiger partial charge in [-0.05, 0) is 36.6 Å². The molecule has 0 aliphatic rings. The number of hydrogen-bond acceptors (Lipinski definition) is 9. The fourth-order valence-corrected chi connectivity index (χ4v) is 2.84. The zero-order valence-electron chi connectivity index (χ0n) is 17.6. The van der Waals surface area contributed by atoms with Crippen LogP contribution in [0.15, 0.2) is 17.0 Å². The van der Waals surface area contributed by atoms with Crippen LogP contribution in [0.25, 0.3) is 22.6 Å². The van der Waals surface area contributed by atoms with Crippen LogP contribution in [0.3, 0.4) is 0 Å². The number of nitrogens with one attached hydrogen (secondary N) is 1. The van der Waals surface area contributed by atoms with Crippen molar-refractivity contribution >= 4 is 28.7 Å². The van der Waals surface area contributed by atoms with E-state index in [1.54, 1.807) is 12.4 Å². The molecule has 0 saturated heterocycles. The summed E-state index contributed by atoms with van der Waals surface area (Å²) in [5.74, 6) is -2.31. The Bertz CT molecular complexity index is 1100. The largest absolute Gasteiger partial charge is 0.490 e. The minimum atomic E-state index is -5.08. The van der Waals surface area contributed by atoms with Crippen molar-refractivity contribution in [2.75, 3.05) is 18.8 Å². The smallest absolute Gasteiger partial charge is 0.475 e. The van der Waals surface area contributed by atoms with Crippen LogP contribution < -0.4 is 16.8 Å². The van der Waals surface area contributed by atoms with E-state index in [0.717, 1.165) is 19.3 Å². The van der Waals surface area contributed by atoms with Gasteiger partial charge in [-0.1, -0.05) is 6.42 Å². The number of aliphatic carboxylic acids is 1. The number of imidazole rings is 1. The highest BCUT2D eigenvalue weighted by atomic mass is 19.4. The number of nitrogens with two attached hydrogens (primary N) is 2. The molecule has 180 valence electrons. The first-order valence-corrected chi connectivity index (χ1v) is 9.82. The Labute approximate surface area is 185 Å². The van der Waals surface area contributed by atoms with Crippen LogP contribution in [0, 0.1) is 0 Å². The van der Waals surface area contributed by atoms with Gasteiger partial charge in [0, 0.05) is 19.3 Å². The van der Waals surface area contributed by atoms with E-state index < -0.39 is 12.1 Å². The van der Waals surface area contributed by atoms with E-state index in [0.29, 0.717) is 47.7 Å². The number of carbonyl (C=O) groups excluding carboxylic acids is 1. The number of pyridine rings is 1. The number of amides is 1. The lowest BCUT2D eigenvalue weighted by molar-refractivity contribution is -0.192. The van der Waals surface area contributed by atoms with Crippen molar-refractivity contribution in [2.24, 2.45) is 5.73 Å². The molecule has 0 fully saturated rings. The maximum absolute atomic E-state index is 12.6. The van der Waals surface area contributed by atoms with E-state index in [2.05, 4.69) is 30.2 Å². The molecule has 3 aromatic rings. The third-order valence-corrected chi connectivity index (χ3v) is 4.35. The summed E-state index contributed by atoms with van der Waals surface area (Å²) in [7, 11) is 0. The molecule has 0 unspecified atom stereocenters. The monoisotopic (exact) mass is 472 g/mol. The molecule has 0 aliphatic heterocycles. The third-order valence-electron chi connectivity index (χ3n) is 4.35. The maximum Gasteiger partial charge on any atom is 0.490 e. The minimum absolute atomic E-state index is 0.147. The summed E-state index contributed by atoms with van der Waals surface area (Å²) >= 11 is 0. The normalized spacial score (nSPS) is 11.2. The molecular weight excluding hydrogens is 449 g/mol. The average Bonchev–Trinajstić information content (AvgIpc) is 3.35. The number of halogens is 3. The first kappa shape index (κ1) is 25.5. The number of fused-ring (bicyclic) bond motifs is 1. The second-order valence-corrected chi connectivity index (χ2v) is 6.64. The van der Waals surface area contributed by atoms with Crippen LogP contribution >= 0.6 is 0 Å². The molecule has 3 rings (SSSR count). The Morgan fingerprint density at radius 3 is 2.45 bits per heavy atom. The van der Waals surface area contributed by atoms with Crippen LogP contribution in [0.2, 0.25) is 0 Å². The maximum atomic E-state index is 12.6. The molecule has 0 radical (unpaired) electrons. The summed E-state index contributed by atoms with van der Waals surface area (Å²) < 4.78 is 38.3. The van der Waals surface area contributed by atoms with Crippen LogP contribution in [0.5, 0.6) is 0 Å². The third kappa shape index (κ3) is 6.38. The van der Waals surface area contributed by atoms with Gasteiger partial charge in [-0.15, -0.1) is 0 Å². The van der Waals surface area contributed by atoms with Crippen LogP contribution in [0.4, 0.5) is 19.0 Å². The molecule has 0 atom stereocenters. The molecule has 0 aliphatic carbocycles. The summed E-state index contributed by atoms with van der Waals surface area (Å²) in [4.78, 5) is 30.2. The highest BCUT2D eigenvalue weighted by Crippen LogP contribution is 2.28. The summed E-state index contributed by atoms with van der Waals surface area (Å²) in [6.45, 7) is 3.76. The quantitative estimate of drug-likeness (QED) is 0.350. The van der Waals surface area contributed by atoms with Gasteiger partial charge in [0.25, 0.3) is 5.91 Å². The first-order valence-electron chi connectivity index (χ1n) is 9.82. The van der Waals surface area contributed by atoms with E-state index in [4.69, 9.17) is 21.4 Å². The standard InChI is InChI=1S/C16H22N8O2.C2HF3O2/c1-2-24-13-10(16(25)20-7-5-3-4-6-17)8-19-9-11(13)21-15(24)12-14(18)23-26-22-12;3-2(4,5)1(6)7/h8-9H,2-7,17H2,1H3,(H2,18,23)(H,20,25);(H,6,7). The summed E-state index contributed by atoms with van der Waals surface area (Å²) in [6, 6.07) is 0. The van der Waals surface area contributed by atoms with E-state index in [-0.39, 0.29) is 11.7 Å². The number of carboxylic acids is 1. The van der Waals surface area contributed by atoms with Gasteiger partial charge in [-0.2, -0.15) is 13.2 Å². The predicted molar refractivity (Wildman–Crippen MR) is 110 cm³/mol. The average molecular weight is 472 g/mol. The summed E-state index contributed by atoms with van der Waals surface area (Å²) in [6.07, 6.45) is 0.874. The lowest BCUT2D eigenvalue weighted by Gasteiger charge is -2.09. The number of carboxylic acid groups (broad SMARTS) is 1. The fourth-order valence-electron chi connectivity index (χ4n) is 2.84. The molecule has 12 nitrogen and oxygen atoms in total. The molecule has 6 N–H and O–H groups in total. The molecule has 3 aromatic heterocycles. The van der Waals surface area contributed by atoms with E-state index >= 15 is 0 Å². The zero-order valence-corrected chi connectivity index (χ0v) is 17.6. The van der Waals surface area contributed by atoms with Crippen LogP contribution in [-0.2, 0) is 11.3 Å². The number of carbonyl (C=O) groups is 2. The van der Waals surface area contributed by atoms with Gasteiger partial charge in [0.15, 0.2) is 17.3 Å². The molecule has 0 spiro atoms. The molecule has 0 bridgehead atoms. The highest BCUT2D eigenvalue weighted by Gasteiger charge is 2.38. The topological polar surface area (TPSA) is 188 Å². The number of rotatable bonds is 8. The molecule has 0 aromatic carbocycles. The lowest BCUT2D eigenvalue weighted by Crippen LogP contribution is -2.25. The molecule has 3 heterocycles. The molecule has 1 amide bonds. The SMILES string of the molecule is CCn1c(-c2nonc2N)nc2cncc(C(=O)NCCCCCN)c21.O=C(O)C(F)(F)F. The van der Waals surface area contributed by atoms with Gasteiger partial charge < -0.3 is 26.5 Å². The van der Waals surface area contributed by atoms with E-state index in [9.17, 15) is 18.0 Å². The Morgan fingerprint density at radius 2 is 1.91 bits per heavy atom. The van der Waals surface area contributed by atoms with Gasteiger partial charge in [-0.3, -0.25) is 9.78 Å². The summed E-state index contributed by atoms with van der Waals surface area (Å²) in [5, 5.41) is 17.5. The number of nitrogens with zero attached hydrogens (tertiary/aromatic N) is 5. The molecule has 15 heteroatoms. The lowest BCUT2D eigenvalue weighted by atomic mass is 10.2. The van der Waals surface area contributed by atoms with Crippen molar-refractivity contribution in [3.63, 3.8) is 0 Å². The first-order chi connectivity index (χ1) is 15.6. The Morgan fingerprint density at radius 1 is 1.21 bits per heavy atom. The number of nitrogen functional groups attached to an aromatic ring is 1. The Kier molecular flexibility index (Phi) is 8.67. The second-order valence-electron chi connectivity index (χ2n) is 6.64. The van der Waals surface area contributed by atoms with E-state index in [1.807, 2.05) is 11.5 Å². The minimum Gasteiger partial charge on any atom is -0.475 e. The zero-order chi connectivity index (χ0) is 24.6. The van der Waals surface area contributed by atoms with Crippen LogP contribution in [-0.4, -0.2) is 61.1 Å². The number of hydrogen-bond donors (Lipinski definition) is 4. The van der Waals surface area contributed by atoms with Gasteiger partial charge in [0.05, 0.1) is 17.3 Å². The van der Waals surface area contributed by atoms with Gasteiger partial charge in [0.1, 0.15) is 5.52 Å². The number of aryl methyl sites for hydroxylation is 1. The van der Waals surface area contributed by atoms with E-state index in [1.165, 1.54) is 0 Å². The number of aromatic nitrogens is 5. The molecule has 33 heavy (non-hydrogen) atoms. The predicted octanol–water partition coefficient (Wildman–Crippen LogP) is 1.58. The number of anilines is 1. The van der Waals surface area contributed by atoms with Crippen molar-refractivity contribution in [1.82, 2.24) is 30.2 Å². The van der Waals surface area contributed by atoms with Crippen molar-refractivity contribution in [3.8, 4) is 11.5 Å². The van der Waals surface area contributed by atoms with Gasteiger partial charge in [0.2, 0.25) is 0 Å². The van der Waals surface area contributed by atoms with Crippen molar-refractivity contribution in [1.29, 1.82) is 0 Å². The fraction of sp³-hybridized carbons (Fsp3) is 0.444. The highest BCUT2D eigenvalue weighted by molar-refractivity contribution is 6.05. The Balaban J connectivity index is 0.000000479. The Hall–Kier alpha value is -3.75.